The Morgan fingerprint density at radius 2 is 2.00 bits per heavy atom. The first-order valence-corrected chi connectivity index (χ1v) is 8.46. The number of pyridine rings is 1. The standard InChI is InChI=1S/C18H15ClFNOS/c1-11-9-17(21-18-12(11)5-3-8-16(18)22-2)23-10-13-14(19)6-4-7-15(13)20/h3-9H,10H2,1-2H3. The van der Waals surface area contributed by atoms with Crippen LogP contribution >= 0.6 is 23.4 Å². The lowest BCUT2D eigenvalue weighted by Crippen LogP contribution is -1.93. The van der Waals surface area contributed by atoms with E-state index >= 15 is 0 Å². The van der Waals surface area contributed by atoms with Crippen LogP contribution in [0.1, 0.15) is 11.1 Å². The Balaban J connectivity index is 1.95. The molecule has 0 amide bonds. The van der Waals surface area contributed by atoms with Crippen molar-refractivity contribution in [1.29, 1.82) is 0 Å². The number of thioether (sulfide) groups is 1. The molecule has 0 radical (unpaired) electrons. The van der Waals surface area contributed by atoms with Crippen molar-refractivity contribution in [3.8, 4) is 5.75 Å². The summed E-state index contributed by atoms with van der Waals surface area (Å²) < 4.78 is 19.3. The third-order valence-corrected chi connectivity index (χ3v) is 4.92. The van der Waals surface area contributed by atoms with Crippen LogP contribution in [0.25, 0.3) is 10.9 Å². The van der Waals surface area contributed by atoms with Gasteiger partial charge in [-0.05, 0) is 36.8 Å². The second-order valence-electron chi connectivity index (χ2n) is 5.12. The van der Waals surface area contributed by atoms with Gasteiger partial charge in [-0.15, -0.1) is 11.8 Å². The number of para-hydroxylation sites is 1. The number of aryl methyl sites for hydroxylation is 1. The number of methoxy groups -OCH3 is 1. The highest BCUT2D eigenvalue weighted by Gasteiger charge is 2.11. The molecule has 0 fully saturated rings. The van der Waals surface area contributed by atoms with E-state index in [1.54, 1.807) is 19.2 Å². The van der Waals surface area contributed by atoms with E-state index in [1.807, 2.05) is 31.2 Å². The molecule has 0 saturated heterocycles. The Hall–Kier alpha value is -1.78. The average molecular weight is 348 g/mol. The summed E-state index contributed by atoms with van der Waals surface area (Å²) in [7, 11) is 1.63. The SMILES string of the molecule is COc1cccc2c(C)cc(SCc3c(F)cccc3Cl)nc12. The molecule has 0 aliphatic heterocycles. The van der Waals surface area contributed by atoms with Crippen LogP contribution in [0.5, 0.6) is 5.75 Å². The van der Waals surface area contributed by atoms with Crippen LogP contribution in [-0.2, 0) is 5.75 Å². The first kappa shape index (κ1) is 16.1. The van der Waals surface area contributed by atoms with Crippen LogP contribution in [0.4, 0.5) is 4.39 Å². The van der Waals surface area contributed by atoms with Gasteiger partial charge in [0.2, 0.25) is 0 Å². The van der Waals surface area contributed by atoms with E-state index in [0.717, 1.165) is 27.2 Å². The fourth-order valence-corrected chi connectivity index (χ4v) is 3.73. The van der Waals surface area contributed by atoms with Gasteiger partial charge in [0.1, 0.15) is 17.1 Å². The first-order chi connectivity index (χ1) is 11.1. The molecule has 2 nitrogen and oxygen atoms in total. The summed E-state index contributed by atoms with van der Waals surface area (Å²) in [6.45, 7) is 2.03. The largest absolute Gasteiger partial charge is 0.494 e. The number of ether oxygens (including phenoxy) is 1. The molecular weight excluding hydrogens is 333 g/mol. The van der Waals surface area contributed by atoms with Crippen molar-refractivity contribution in [1.82, 2.24) is 4.98 Å². The van der Waals surface area contributed by atoms with Gasteiger partial charge in [0.05, 0.1) is 12.1 Å². The van der Waals surface area contributed by atoms with Crippen molar-refractivity contribution in [2.24, 2.45) is 0 Å². The highest BCUT2D eigenvalue weighted by Crippen LogP contribution is 2.32. The van der Waals surface area contributed by atoms with E-state index in [0.29, 0.717) is 16.3 Å². The number of benzene rings is 2. The minimum atomic E-state index is -0.292. The molecule has 0 N–H and O–H groups in total. The Kier molecular flexibility index (Phi) is 4.74. The Labute approximate surface area is 143 Å². The predicted octanol–water partition coefficient (Wildman–Crippen LogP) is 5.64. The van der Waals surface area contributed by atoms with Gasteiger partial charge in [0.25, 0.3) is 0 Å². The molecule has 0 spiro atoms. The lowest BCUT2D eigenvalue weighted by Gasteiger charge is -2.10. The molecular formula is C18H15ClFNOS. The Bertz CT molecular complexity index is 849. The normalized spacial score (nSPS) is 11.0. The van der Waals surface area contributed by atoms with Crippen molar-refractivity contribution in [3.05, 3.63) is 64.4 Å². The van der Waals surface area contributed by atoms with Crippen LogP contribution in [0.3, 0.4) is 0 Å². The number of halogens is 2. The molecule has 23 heavy (non-hydrogen) atoms. The Morgan fingerprint density at radius 1 is 1.22 bits per heavy atom. The van der Waals surface area contributed by atoms with Crippen LogP contribution in [0.15, 0.2) is 47.5 Å². The molecule has 2 aromatic carbocycles. The minimum absolute atomic E-state index is 0.292. The summed E-state index contributed by atoms with van der Waals surface area (Å²) in [6, 6.07) is 12.6. The predicted molar refractivity (Wildman–Crippen MR) is 94.0 cm³/mol. The molecule has 1 aromatic heterocycles. The summed E-state index contributed by atoms with van der Waals surface area (Å²) in [6.07, 6.45) is 0. The summed E-state index contributed by atoms with van der Waals surface area (Å²) >= 11 is 7.53. The quantitative estimate of drug-likeness (QED) is 0.570. The van der Waals surface area contributed by atoms with Crippen molar-refractivity contribution in [2.75, 3.05) is 7.11 Å². The lowest BCUT2D eigenvalue weighted by molar-refractivity contribution is 0.418. The first-order valence-electron chi connectivity index (χ1n) is 7.10. The highest BCUT2D eigenvalue weighted by molar-refractivity contribution is 7.98. The molecule has 0 saturated carbocycles. The number of hydrogen-bond donors (Lipinski definition) is 0. The van der Waals surface area contributed by atoms with Gasteiger partial charge >= 0.3 is 0 Å². The van der Waals surface area contributed by atoms with Crippen LogP contribution in [0, 0.1) is 12.7 Å². The van der Waals surface area contributed by atoms with Gasteiger partial charge < -0.3 is 4.74 Å². The number of fused-ring (bicyclic) bond motifs is 1. The molecule has 0 bridgehead atoms. The summed E-state index contributed by atoms with van der Waals surface area (Å²) in [5.41, 5.74) is 2.42. The number of rotatable bonds is 4. The van der Waals surface area contributed by atoms with E-state index in [9.17, 15) is 4.39 Å². The fourth-order valence-electron chi connectivity index (χ4n) is 2.42. The zero-order chi connectivity index (χ0) is 16.4. The zero-order valence-electron chi connectivity index (χ0n) is 12.8. The van der Waals surface area contributed by atoms with Gasteiger partial charge in [-0.2, -0.15) is 0 Å². The molecule has 1 heterocycles. The fraction of sp³-hybridized carbons (Fsp3) is 0.167. The van der Waals surface area contributed by atoms with Crippen molar-refractivity contribution in [2.45, 2.75) is 17.7 Å². The number of aromatic nitrogens is 1. The molecule has 5 heteroatoms. The highest BCUT2D eigenvalue weighted by atomic mass is 35.5. The molecule has 3 aromatic rings. The van der Waals surface area contributed by atoms with Gasteiger partial charge in [-0.3, -0.25) is 0 Å². The maximum absolute atomic E-state index is 13.9. The second-order valence-corrected chi connectivity index (χ2v) is 6.53. The maximum Gasteiger partial charge on any atom is 0.145 e. The van der Waals surface area contributed by atoms with Crippen LogP contribution in [0.2, 0.25) is 5.02 Å². The zero-order valence-corrected chi connectivity index (χ0v) is 14.3. The van der Waals surface area contributed by atoms with Crippen LogP contribution < -0.4 is 4.74 Å². The number of hydrogen-bond acceptors (Lipinski definition) is 3. The maximum atomic E-state index is 13.9. The van der Waals surface area contributed by atoms with E-state index < -0.39 is 0 Å². The topological polar surface area (TPSA) is 22.1 Å². The molecule has 0 aliphatic rings. The third-order valence-electron chi connectivity index (χ3n) is 3.63. The molecule has 0 unspecified atom stereocenters. The Morgan fingerprint density at radius 3 is 2.74 bits per heavy atom. The summed E-state index contributed by atoms with van der Waals surface area (Å²) in [5, 5.41) is 2.31. The molecule has 118 valence electrons. The smallest absolute Gasteiger partial charge is 0.145 e. The average Bonchev–Trinajstić information content (AvgIpc) is 2.54. The number of nitrogens with zero attached hydrogens (tertiary/aromatic N) is 1. The monoisotopic (exact) mass is 347 g/mol. The van der Waals surface area contributed by atoms with Crippen LogP contribution in [-0.4, -0.2) is 12.1 Å². The molecule has 0 atom stereocenters. The van der Waals surface area contributed by atoms with E-state index in [1.165, 1.54) is 17.8 Å². The van der Waals surface area contributed by atoms with Crippen molar-refractivity contribution in [3.63, 3.8) is 0 Å². The van der Waals surface area contributed by atoms with Gasteiger partial charge in [0.15, 0.2) is 0 Å². The summed E-state index contributed by atoms with van der Waals surface area (Å²) in [4.78, 5) is 4.65. The van der Waals surface area contributed by atoms with Gasteiger partial charge in [0, 0.05) is 21.7 Å². The summed E-state index contributed by atoms with van der Waals surface area (Å²) in [5.74, 6) is 0.871. The van der Waals surface area contributed by atoms with E-state index in [4.69, 9.17) is 16.3 Å². The lowest BCUT2D eigenvalue weighted by atomic mass is 10.1. The molecule has 3 rings (SSSR count). The van der Waals surface area contributed by atoms with Crippen molar-refractivity contribution >= 4 is 34.3 Å². The van der Waals surface area contributed by atoms with Crippen molar-refractivity contribution < 1.29 is 9.13 Å². The van der Waals surface area contributed by atoms with E-state index in [2.05, 4.69) is 4.98 Å². The molecule has 0 aliphatic carbocycles. The third kappa shape index (κ3) is 3.28. The van der Waals surface area contributed by atoms with Gasteiger partial charge in [-0.1, -0.05) is 29.8 Å². The van der Waals surface area contributed by atoms with Gasteiger partial charge in [-0.25, -0.2) is 9.37 Å². The minimum Gasteiger partial charge on any atom is -0.494 e. The van der Waals surface area contributed by atoms with E-state index in [-0.39, 0.29) is 5.82 Å². The second kappa shape index (κ2) is 6.77.